The lowest BCUT2D eigenvalue weighted by atomic mass is 10.1. The lowest BCUT2D eigenvalue weighted by Gasteiger charge is -2.22. The maximum absolute atomic E-state index is 12.8. The molecule has 29 heavy (non-hydrogen) atoms. The molecule has 1 aliphatic heterocycles. The van der Waals surface area contributed by atoms with Crippen molar-refractivity contribution in [2.75, 3.05) is 29.3 Å². The molecule has 0 unspecified atom stereocenters. The number of benzene rings is 2. The van der Waals surface area contributed by atoms with Crippen molar-refractivity contribution in [2.24, 2.45) is 5.92 Å². The zero-order valence-corrected chi connectivity index (χ0v) is 18.1. The third-order valence-electron chi connectivity index (χ3n) is 4.94. The largest absolute Gasteiger partial charge is 0.371 e. The molecule has 2 aromatic rings. The lowest BCUT2D eigenvalue weighted by molar-refractivity contribution is 0.0949. The summed E-state index contributed by atoms with van der Waals surface area (Å²) in [6, 6.07) is 11.9. The highest BCUT2D eigenvalue weighted by Gasteiger charge is 2.22. The molecule has 0 spiro atoms. The van der Waals surface area contributed by atoms with E-state index in [0.717, 1.165) is 37.2 Å². The van der Waals surface area contributed by atoms with Crippen molar-refractivity contribution in [3.8, 4) is 0 Å². The number of rotatable bonds is 7. The van der Waals surface area contributed by atoms with Crippen LogP contribution >= 0.6 is 0 Å². The summed E-state index contributed by atoms with van der Waals surface area (Å²) in [5.41, 5.74) is 2.71. The molecule has 1 heterocycles. The molecule has 1 saturated heterocycles. The standard InChI is InChI=1S/C22H29N3O3S/c1-16(2)15-23-22(26)20-14-18(8-11-21(20)25-12-4-5-13-25)24-29(27,28)19-9-6-17(3)7-10-19/h6-11,14,16,24H,4-5,12-13,15H2,1-3H3,(H,23,26). The van der Waals surface area contributed by atoms with Crippen molar-refractivity contribution in [2.45, 2.75) is 38.5 Å². The van der Waals surface area contributed by atoms with Crippen LogP contribution < -0.4 is 14.9 Å². The number of nitrogens with one attached hydrogen (secondary N) is 2. The molecule has 3 rings (SSSR count). The minimum absolute atomic E-state index is 0.183. The first kappa shape index (κ1) is 21.2. The molecular formula is C22H29N3O3S. The van der Waals surface area contributed by atoms with Gasteiger partial charge in [-0.05, 0) is 56.0 Å². The average molecular weight is 416 g/mol. The summed E-state index contributed by atoms with van der Waals surface area (Å²) in [6.07, 6.45) is 2.18. The molecule has 0 atom stereocenters. The first-order valence-corrected chi connectivity index (χ1v) is 11.5. The van der Waals surface area contributed by atoms with E-state index in [2.05, 4.69) is 14.9 Å². The summed E-state index contributed by atoms with van der Waals surface area (Å²) in [5, 5.41) is 2.95. The van der Waals surface area contributed by atoms with E-state index < -0.39 is 10.0 Å². The van der Waals surface area contributed by atoms with Crippen molar-refractivity contribution >= 4 is 27.3 Å². The Hall–Kier alpha value is -2.54. The highest BCUT2D eigenvalue weighted by Crippen LogP contribution is 2.28. The fourth-order valence-electron chi connectivity index (χ4n) is 3.34. The Balaban J connectivity index is 1.90. The third kappa shape index (κ3) is 5.29. The van der Waals surface area contributed by atoms with Gasteiger partial charge in [0.25, 0.3) is 15.9 Å². The van der Waals surface area contributed by atoms with Gasteiger partial charge in [-0.2, -0.15) is 0 Å². The molecule has 2 N–H and O–H groups in total. The SMILES string of the molecule is Cc1ccc(S(=O)(=O)Nc2ccc(N3CCCC3)c(C(=O)NCC(C)C)c2)cc1. The monoisotopic (exact) mass is 415 g/mol. The van der Waals surface area contributed by atoms with Crippen molar-refractivity contribution < 1.29 is 13.2 Å². The first-order valence-electron chi connectivity index (χ1n) is 10.0. The molecule has 1 amide bonds. The van der Waals surface area contributed by atoms with Crippen molar-refractivity contribution in [3.63, 3.8) is 0 Å². The van der Waals surface area contributed by atoms with Gasteiger partial charge < -0.3 is 10.2 Å². The van der Waals surface area contributed by atoms with Gasteiger partial charge in [0.15, 0.2) is 0 Å². The number of anilines is 2. The minimum atomic E-state index is -3.73. The Morgan fingerprint density at radius 3 is 2.34 bits per heavy atom. The van der Waals surface area contributed by atoms with Gasteiger partial charge in [-0.15, -0.1) is 0 Å². The summed E-state index contributed by atoms with van der Waals surface area (Å²) in [7, 11) is -3.73. The molecule has 6 nitrogen and oxygen atoms in total. The van der Waals surface area contributed by atoms with Gasteiger partial charge in [-0.25, -0.2) is 8.42 Å². The van der Waals surface area contributed by atoms with Crippen LogP contribution in [0.2, 0.25) is 0 Å². The zero-order valence-electron chi connectivity index (χ0n) is 17.2. The second-order valence-corrected chi connectivity index (χ2v) is 9.63. The molecule has 0 radical (unpaired) electrons. The van der Waals surface area contributed by atoms with Crippen molar-refractivity contribution in [1.29, 1.82) is 0 Å². The van der Waals surface area contributed by atoms with Gasteiger partial charge >= 0.3 is 0 Å². The van der Waals surface area contributed by atoms with Crippen LogP contribution in [0, 0.1) is 12.8 Å². The number of amides is 1. The Labute approximate surface area is 173 Å². The predicted octanol–water partition coefficient (Wildman–Crippen LogP) is 3.78. The molecule has 0 aliphatic carbocycles. The van der Waals surface area contributed by atoms with Crippen LogP contribution in [0.4, 0.5) is 11.4 Å². The quantitative estimate of drug-likeness (QED) is 0.721. The van der Waals surface area contributed by atoms with Crippen LogP contribution in [-0.4, -0.2) is 34.0 Å². The normalized spacial score (nSPS) is 14.3. The number of carbonyl (C=O) groups excluding carboxylic acids is 1. The number of hydrogen-bond acceptors (Lipinski definition) is 4. The molecule has 1 fully saturated rings. The Kier molecular flexibility index (Phi) is 6.47. The van der Waals surface area contributed by atoms with Gasteiger partial charge in [0.1, 0.15) is 0 Å². The summed E-state index contributed by atoms with van der Waals surface area (Å²) in [6.45, 7) is 8.35. The van der Waals surface area contributed by atoms with Gasteiger partial charge in [0, 0.05) is 31.0 Å². The van der Waals surface area contributed by atoms with Gasteiger partial charge in [-0.1, -0.05) is 31.5 Å². The van der Waals surface area contributed by atoms with Crippen LogP contribution in [0.1, 0.15) is 42.6 Å². The molecule has 7 heteroatoms. The number of sulfonamides is 1. The van der Waals surface area contributed by atoms with E-state index in [-0.39, 0.29) is 10.8 Å². The molecule has 1 aliphatic rings. The van der Waals surface area contributed by atoms with E-state index >= 15 is 0 Å². The number of hydrogen-bond donors (Lipinski definition) is 2. The van der Waals surface area contributed by atoms with Crippen LogP contribution in [0.25, 0.3) is 0 Å². The number of carbonyl (C=O) groups is 1. The fourth-order valence-corrected chi connectivity index (χ4v) is 4.39. The lowest BCUT2D eigenvalue weighted by Crippen LogP contribution is -2.30. The molecule has 0 aromatic heterocycles. The third-order valence-corrected chi connectivity index (χ3v) is 6.34. The molecule has 0 bridgehead atoms. The summed E-state index contributed by atoms with van der Waals surface area (Å²) < 4.78 is 28.1. The van der Waals surface area contributed by atoms with Crippen LogP contribution in [0.3, 0.4) is 0 Å². The number of nitrogens with zero attached hydrogens (tertiary/aromatic N) is 1. The highest BCUT2D eigenvalue weighted by molar-refractivity contribution is 7.92. The topological polar surface area (TPSA) is 78.5 Å². The van der Waals surface area contributed by atoms with Gasteiger partial charge in [0.05, 0.1) is 10.5 Å². The average Bonchev–Trinajstić information content (AvgIpc) is 3.20. The summed E-state index contributed by atoms with van der Waals surface area (Å²) in [5.74, 6) is 0.148. The Morgan fingerprint density at radius 2 is 1.72 bits per heavy atom. The summed E-state index contributed by atoms with van der Waals surface area (Å²) in [4.78, 5) is 15.2. The van der Waals surface area contributed by atoms with E-state index in [9.17, 15) is 13.2 Å². The first-order chi connectivity index (χ1) is 13.8. The maximum Gasteiger partial charge on any atom is 0.261 e. The van der Waals surface area contributed by atoms with Crippen molar-refractivity contribution in [3.05, 3.63) is 53.6 Å². The van der Waals surface area contributed by atoms with Crippen LogP contribution in [-0.2, 0) is 10.0 Å². The second kappa shape index (κ2) is 8.86. The van der Waals surface area contributed by atoms with Crippen LogP contribution in [0.5, 0.6) is 0 Å². The van der Waals surface area contributed by atoms with Gasteiger partial charge in [-0.3, -0.25) is 9.52 Å². The Morgan fingerprint density at radius 1 is 1.07 bits per heavy atom. The predicted molar refractivity (Wildman–Crippen MR) is 117 cm³/mol. The fraction of sp³-hybridized carbons (Fsp3) is 0.409. The van der Waals surface area contributed by atoms with Crippen LogP contribution in [0.15, 0.2) is 47.4 Å². The molecular weight excluding hydrogens is 386 g/mol. The second-order valence-electron chi connectivity index (χ2n) is 7.95. The molecule has 0 saturated carbocycles. The van der Waals surface area contributed by atoms with E-state index in [4.69, 9.17) is 0 Å². The molecule has 156 valence electrons. The van der Waals surface area contributed by atoms with E-state index in [1.165, 1.54) is 0 Å². The Bertz CT molecular complexity index is 963. The highest BCUT2D eigenvalue weighted by atomic mass is 32.2. The van der Waals surface area contributed by atoms with E-state index in [0.29, 0.717) is 23.7 Å². The summed E-state index contributed by atoms with van der Waals surface area (Å²) >= 11 is 0. The smallest absolute Gasteiger partial charge is 0.261 e. The molecule has 2 aromatic carbocycles. The van der Waals surface area contributed by atoms with E-state index in [1.54, 1.807) is 36.4 Å². The minimum Gasteiger partial charge on any atom is -0.371 e. The van der Waals surface area contributed by atoms with Crippen molar-refractivity contribution in [1.82, 2.24) is 5.32 Å². The zero-order chi connectivity index (χ0) is 21.0. The van der Waals surface area contributed by atoms with E-state index in [1.807, 2.05) is 26.8 Å². The maximum atomic E-state index is 12.8. The van der Waals surface area contributed by atoms with Gasteiger partial charge in [0.2, 0.25) is 0 Å². The number of aryl methyl sites for hydroxylation is 1.